The monoisotopic (exact) mass is 283 g/mol. The van der Waals surface area contributed by atoms with Crippen molar-refractivity contribution in [2.45, 2.75) is 26.3 Å². The van der Waals surface area contributed by atoms with Gasteiger partial charge in [0, 0.05) is 12.1 Å². The van der Waals surface area contributed by atoms with E-state index >= 15 is 0 Å². The van der Waals surface area contributed by atoms with Gasteiger partial charge in [-0.25, -0.2) is 9.78 Å². The second kappa shape index (κ2) is 6.71. The fourth-order valence-corrected chi connectivity index (χ4v) is 2.24. The first-order valence-corrected chi connectivity index (χ1v) is 6.79. The smallest absolute Gasteiger partial charge is 0.333 e. The number of nitriles is 1. The largest absolute Gasteiger partial charge is 0.466 e. The maximum absolute atomic E-state index is 11.6. The molecule has 0 saturated heterocycles. The van der Waals surface area contributed by atoms with Gasteiger partial charge in [-0.15, -0.1) is 0 Å². The van der Waals surface area contributed by atoms with E-state index in [1.807, 2.05) is 41.8 Å². The van der Waals surface area contributed by atoms with E-state index in [0.29, 0.717) is 24.4 Å². The summed E-state index contributed by atoms with van der Waals surface area (Å²) in [7, 11) is 1.37. The van der Waals surface area contributed by atoms with Crippen LogP contribution in [0.4, 0.5) is 0 Å². The van der Waals surface area contributed by atoms with Crippen LogP contribution in [0.1, 0.15) is 19.2 Å². The van der Waals surface area contributed by atoms with Crippen LogP contribution in [0, 0.1) is 11.3 Å². The standard InChI is InChI=1S/C16H17N3O2/c1-3-12(16(20)21-2)9-11-19-14-7-5-4-6-13(14)18-15(19)8-10-17/h4-7,9H,3,8,11H2,1-2H3. The molecule has 1 aromatic carbocycles. The van der Waals surface area contributed by atoms with Crippen LogP contribution in [0.25, 0.3) is 11.0 Å². The molecule has 2 aromatic rings. The van der Waals surface area contributed by atoms with E-state index in [9.17, 15) is 4.79 Å². The van der Waals surface area contributed by atoms with Crippen LogP contribution >= 0.6 is 0 Å². The van der Waals surface area contributed by atoms with E-state index in [4.69, 9.17) is 10.00 Å². The highest BCUT2D eigenvalue weighted by atomic mass is 16.5. The maximum atomic E-state index is 11.6. The third-order valence-corrected chi connectivity index (χ3v) is 3.32. The Bertz CT molecular complexity index is 723. The molecule has 2 rings (SSSR count). The molecular formula is C16H17N3O2. The molecule has 5 nitrogen and oxygen atoms in total. The van der Waals surface area contributed by atoms with Crippen molar-refractivity contribution in [2.24, 2.45) is 0 Å². The van der Waals surface area contributed by atoms with E-state index in [1.165, 1.54) is 7.11 Å². The van der Waals surface area contributed by atoms with E-state index in [0.717, 1.165) is 11.0 Å². The number of ether oxygens (including phenoxy) is 1. The van der Waals surface area contributed by atoms with Gasteiger partial charge in [-0.3, -0.25) is 0 Å². The molecule has 0 amide bonds. The number of carbonyl (C=O) groups is 1. The molecule has 108 valence electrons. The topological polar surface area (TPSA) is 67.9 Å². The van der Waals surface area contributed by atoms with E-state index < -0.39 is 0 Å². The third kappa shape index (κ3) is 3.11. The predicted molar refractivity (Wildman–Crippen MR) is 79.4 cm³/mol. The van der Waals surface area contributed by atoms with Crippen LogP contribution < -0.4 is 0 Å². The number of aromatic nitrogens is 2. The van der Waals surface area contributed by atoms with Gasteiger partial charge < -0.3 is 9.30 Å². The Morgan fingerprint density at radius 2 is 2.24 bits per heavy atom. The zero-order valence-corrected chi connectivity index (χ0v) is 12.2. The second-order valence-corrected chi connectivity index (χ2v) is 4.54. The molecule has 0 aliphatic rings. The van der Waals surface area contributed by atoms with Gasteiger partial charge in [-0.2, -0.15) is 5.26 Å². The van der Waals surface area contributed by atoms with Crippen LogP contribution in [-0.2, 0) is 22.5 Å². The van der Waals surface area contributed by atoms with Crippen molar-refractivity contribution in [3.63, 3.8) is 0 Å². The van der Waals surface area contributed by atoms with Gasteiger partial charge in [-0.1, -0.05) is 25.1 Å². The van der Waals surface area contributed by atoms with Crippen molar-refractivity contribution in [1.82, 2.24) is 9.55 Å². The summed E-state index contributed by atoms with van der Waals surface area (Å²) in [6.07, 6.45) is 2.68. The molecule has 0 atom stereocenters. The number of nitrogens with zero attached hydrogens (tertiary/aromatic N) is 3. The number of benzene rings is 1. The molecule has 5 heteroatoms. The summed E-state index contributed by atoms with van der Waals surface area (Å²) in [6.45, 7) is 2.40. The third-order valence-electron chi connectivity index (χ3n) is 3.32. The number of carbonyl (C=O) groups excluding carboxylic acids is 1. The average Bonchev–Trinajstić information content (AvgIpc) is 2.85. The minimum Gasteiger partial charge on any atom is -0.466 e. The number of hydrogen-bond acceptors (Lipinski definition) is 4. The molecule has 21 heavy (non-hydrogen) atoms. The summed E-state index contributed by atoms with van der Waals surface area (Å²) in [5.41, 5.74) is 2.43. The van der Waals surface area contributed by atoms with Gasteiger partial charge >= 0.3 is 5.97 Å². The number of methoxy groups -OCH3 is 1. The van der Waals surface area contributed by atoms with Gasteiger partial charge in [0.25, 0.3) is 0 Å². The number of rotatable bonds is 5. The minimum absolute atomic E-state index is 0.238. The number of hydrogen-bond donors (Lipinski definition) is 0. The van der Waals surface area contributed by atoms with Gasteiger partial charge in [0.15, 0.2) is 0 Å². The quantitative estimate of drug-likeness (QED) is 0.625. The Kier molecular flexibility index (Phi) is 4.72. The predicted octanol–water partition coefficient (Wildman–Crippen LogP) is 2.61. The number of para-hydroxylation sites is 2. The number of allylic oxidation sites excluding steroid dienone is 1. The van der Waals surface area contributed by atoms with E-state index in [-0.39, 0.29) is 12.4 Å². The average molecular weight is 283 g/mol. The second-order valence-electron chi connectivity index (χ2n) is 4.54. The maximum Gasteiger partial charge on any atom is 0.333 e. The van der Waals surface area contributed by atoms with Gasteiger partial charge in [-0.05, 0) is 18.6 Å². The summed E-state index contributed by atoms with van der Waals surface area (Å²) >= 11 is 0. The number of esters is 1. The van der Waals surface area contributed by atoms with Crippen molar-refractivity contribution >= 4 is 17.0 Å². The zero-order valence-electron chi connectivity index (χ0n) is 12.2. The van der Waals surface area contributed by atoms with Crippen molar-refractivity contribution in [1.29, 1.82) is 5.26 Å². The van der Waals surface area contributed by atoms with Crippen LogP contribution in [0.5, 0.6) is 0 Å². The number of imidazole rings is 1. The Hall–Kier alpha value is -2.61. The van der Waals surface area contributed by atoms with E-state index in [2.05, 4.69) is 11.1 Å². The molecule has 0 fully saturated rings. The highest BCUT2D eigenvalue weighted by Crippen LogP contribution is 2.17. The molecule has 1 aromatic heterocycles. The molecule has 0 N–H and O–H groups in total. The lowest BCUT2D eigenvalue weighted by molar-refractivity contribution is -0.136. The van der Waals surface area contributed by atoms with Crippen LogP contribution in [0.3, 0.4) is 0 Å². The summed E-state index contributed by atoms with van der Waals surface area (Å²) < 4.78 is 6.71. The summed E-state index contributed by atoms with van der Waals surface area (Å²) in [5.74, 6) is 0.388. The molecule has 0 bridgehead atoms. The van der Waals surface area contributed by atoms with Crippen LogP contribution in [0.15, 0.2) is 35.9 Å². The van der Waals surface area contributed by atoms with Gasteiger partial charge in [0.1, 0.15) is 5.82 Å². The lowest BCUT2D eigenvalue weighted by Gasteiger charge is -2.06. The Morgan fingerprint density at radius 3 is 2.90 bits per heavy atom. The zero-order chi connectivity index (χ0) is 15.2. The summed E-state index contributed by atoms with van der Waals surface area (Å²) in [6, 6.07) is 9.84. The molecular weight excluding hydrogens is 266 g/mol. The first-order valence-electron chi connectivity index (χ1n) is 6.79. The molecule has 0 radical (unpaired) electrons. The highest BCUT2D eigenvalue weighted by Gasteiger charge is 2.11. The van der Waals surface area contributed by atoms with Crippen molar-refractivity contribution < 1.29 is 9.53 Å². The van der Waals surface area contributed by atoms with Gasteiger partial charge in [0.05, 0.1) is 30.6 Å². The normalized spacial score (nSPS) is 11.4. The fraction of sp³-hybridized carbons (Fsp3) is 0.312. The highest BCUT2D eigenvalue weighted by molar-refractivity contribution is 5.88. The van der Waals surface area contributed by atoms with Crippen molar-refractivity contribution in [3.05, 3.63) is 41.7 Å². The summed E-state index contributed by atoms with van der Waals surface area (Å²) in [4.78, 5) is 16.1. The van der Waals surface area contributed by atoms with Gasteiger partial charge in [0.2, 0.25) is 0 Å². The Balaban J connectivity index is 2.41. The molecule has 0 spiro atoms. The fourth-order valence-electron chi connectivity index (χ4n) is 2.24. The minimum atomic E-state index is -0.316. The first-order chi connectivity index (χ1) is 10.2. The van der Waals surface area contributed by atoms with Crippen molar-refractivity contribution in [2.75, 3.05) is 7.11 Å². The lowest BCUT2D eigenvalue weighted by atomic mass is 10.2. The summed E-state index contributed by atoms with van der Waals surface area (Å²) in [5, 5.41) is 8.93. The SMILES string of the molecule is CCC(=CCn1c(CC#N)nc2ccccc21)C(=O)OC. The lowest BCUT2D eigenvalue weighted by Crippen LogP contribution is -2.07. The van der Waals surface area contributed by atoms with E-state index in [1.54, 1.807) is 0 Å². The Labute approximate surface area is 123 Å². The number of fused-ring (bicyclic) bond motifs is 1. The molecule has 0 saturated carbocycles. The van der Waals surface area contributed by atoms with Crippen LogP contribution in [0.2, 0.25) is 0 Å². The molecule has 1 heterocycles. The Morgan fingerprint density at radius 1 is 1.48 bits per heavy atom. The molecule has 0 aliphatic heterocycles. The molecule has 0 unspecified atom stereocenters. The van der Waals surface area contributed by atoms with Crippen LogP contribution in [-0.4, -0.2) is 22.6 Å². The first kappa shape index (κ1) is 14.8. The van der Waals surface area contributed by atoms with Crippen molar-refractivity contribution in [3.8, 4) is 6.07 Å². The molecule has 0 aliphatic carbocycles.